The van der Waals surface area contributed by atoms with Crippen LogP contribution in [0.4, 0.5) is 0 Å². The third-order valence-electron chi connectivity index (χ3n) is 3.14. The van der Waals surface area contributed by atoms with Gasteiger partial charge in [0.1, 0.15) is 0 Å². The quantitative estimate of drug-likeness (QED) is 0.503. The summed E-state index contributed by atoms with van der Waals surface area (Å²) in [6.07, 6.45) is 5.43. The molecule has 20 heavy (non-hydrogen) atoms. The summed E-state index contributed by atoms with van der Waals surface area (Å²) in [7, 11) is -2.60. The monoisotopic (exact) mass is 310 g/mol. The third kappa shape index (κ3) is 6.63. The highest BCUT2D eigenvalue weighted by molar-refractivity contribution is 7.33. The van der Waals surface area contributed by atoms with Gasteiger partial charge in [-0.15, -0.1) is 0 Å². The Morgan fingerprint density at radius 3 is 1.75 bits per heavy atom. The minimum atomic E-state index is -2.60. The summed E-state index contributed by atoms with van der Waals surface area (Å²) in [5.41, 5.74) is 0. The fourth-order valence-corrected chi connectivity index (χ4v) is 2.45. The standard InChI is InChI=1S/C12H23O7P/c13-20(18-9-16-11-5-1-3-7-14-11)19-10-17-12-6-2-4-8-15-12/h11-12,20H,1-10H2. The summed E-state index contributed by atoms with van der Waals surface area (Å²) in [4.78, 5) is 0. The highest BCUT2D eigenvalue weighted by atomic mass is 31.1. The molecule has 8 heteroatoms. The molecule has 2 rings (SSSR count). The molecule has 0 aromatic rings. The lowest BCUT2D eigenvalue weighted by atomic mass is 10.2. The summed E-state index contributed by atoms with van der Waals surface area (Å²) in [5, 5.41) is 0. The second-order valence-electron chi connectivity index (χ2n) is 4.70. The summed E-state index contributed by atoms with van der Waals surface area (Å²) in [6.45, 7) is 1.21. The van der Waals surface area contributed by atoms with Gasteiger partial charge >= 0.3 is 8.25 Å². The molecule has 2 heterocycles. The lowest BCUT2D eigenvalue weighted by molar-refractivity contribution is -0.199. The van der Waals surface area contributed by atoms with Crippen LogP contribution >= 0.6 is 8.25 Å². The van der Waals surface area contributed by atoms with Gasteiger partial charge in [0.15, 0.2) is 26.2 Å². The van der Waals surface area contributed by atoms with Crippen LogP contribution in [0, 0.1) is 0 Å². The van der Waals surface area contributed by atoms with Crippen molar-refractivity contribution in [2.75, 3.05) is 26.8 Å². The average Bonchev–Trinajstić information content (AvgIpc) is 2.49. The van der Waals surface area contributed by atoms with Crippen molar-refractivity contribution in [3.05, 3.63) is 0 Å². The normalized spacial score (nSPS) is 29.2. The van der Waals surface area contributed by atoms with Gasteiger partial charge in [0.2, 0.25) is 0 Å². The first kappa shape index (κ1) is 16.4. The minimum Gasteiger partial charge on any atom is -0.353 e. The first-order valence-electron chi connectivity index (χ1n) is 7.10. The van der Waals surface area contributed by atoms with Crippen LogP contribution < -0.4 is 0 Å². The summed E-state index contributed by atoms with van der Waals surface area (Å²) < 4.78 is 42.6. The molecule has 0 spiro atoms. The van der Waals surface area contributed by atoms with E-state index in [2.05, 4.69) is 0 Å². The average molecular weight is 310 g/mol. The maximum absolute atomic E-state index is 11.4. The van der Waals surface area contributed by atoms with Gasteiger partial charge in [-0.25, -0.2) is 0 Å². The molecular formula is C12H23O7P. The SMILES string of the molecule is O=[PH](OCOC1CCCCO1)OCOC1CCCCO1. The maximum atomic E-state index is 11.4. The van der Waals surface area contributed by atoms with Crippen LogP contribution in [0.15, 0.2) is 0 Å². The fraction of sp³-hybridized carbons (Fsp3) is 1.00. The Hall–Kier alpha value is -0.0100. The predicted molar refractivity (Wildman–Crippen MR) is 70.3 cm³/mol. The van der Waals surface area contributed by atoms with Gasteiger partial charge in [-0.2, -0.15) is 0 Å². The molecule has 0 N–H and O–H groups in total. The van der Waals surface area contributed by atoms with Crippen LogP contribution in [0.2, 0.25) is 0 Å². The van der Waals surface area contributed by atoms with Crippen LogP contribution in [0.1, 0.15) is 38.5 Å². The van der Waals surface area contributed by atoms with E-state index in [0.29, 0.717) is 13.2 Å². The Morgan fingerprint density at radius 1 is 0.850 bits per heavy atom. The van der Waals surface area contributed by atoms with Crippen LogP contribution in [0.25, 0.3) is 0 Å². The molecule has 0 saturated carbocycles. The Kier molecular flexibility index (Phi) is 8.05. The first-order chi connectivity index (χ1) is 9.84. The highest BCUT2D eigenvalue weighted by Crippen LogP contribution is 2.25. The summed E-state index contributed by atoms with van der Waals surface area (Å²) in [5.74, 6) is 0. The molecule has 2 aliphatic rings. The van der Waals surface area contributed by atoms with E-state index in [4.69, 9.17) is 28.0 Å². The molecule has 2 fully saturated rings. The molecular weight excluding hydrogens is 287 g/mol. The van der Waals surface area contributed by atoms with Gasteiger partial charge in [-0.05, 0) is 38.5 Å². The number of ether oxygens (including phenoxy) is 4. The molecule has 0 amide bonds. The van der Waals surface area contributed by atoms with Gasteiger partial charge in [0.05, 0.1) is 0 Å². The van der Waals surface area contributed by atoms with Crippen molar-refractivity contribution in [3.8, 4) is 0 Å². The smallest absolute Gasteiger partial charge is 0.323 e. The lowest BCUT2D eigenvalue weighted by Crippen LogP contribution is -2.23. The maximum Gasteiger partial charge on any atom is 0.323 e. The van der Waals surface area contributed by atoms with E-state index in [1.54, 1.807) is 0 Å². The van der Waals surface area contributed by atoms with Crippen molar-refractivity contribution >= 4 is 8.25 Å². The van der Waals surface area contributed by atoms with Crippen molar-refractivity contribution in [1.82, 2.24) is 0 Å². The van der Waals surface area contributed by atoms with Gasteiger partial charge in [-0.1, -0.05) is 0 Å². The molecule has 0 bridgehead atoms. The zero-order valence-corrected chi connectivity index (χ0v) is 12.6. The van der Waals surface area contributed by atoms with Crippen molar-refractivity contribution in [2.24, 2.45) is 0 Å². The second-order valence-corrected chi connectivity index (χ2v) is 5.78. The molecule has 2 saturated heterocycles. The van der Waals surface area contributed by atoms with Crippen LogP contribution in [0.5, 0.6) is 0 Å². The Labute approximate surface area is 119 Å². The highest BCUT2D eigenvalue weighted by Gasteiger charge is 2.16. The minimum absolute atomic E-state index is 0.0948. The van der Waals surface area contributed by atoms with E-state index in [1.807, 2.05) is 0 Å². The molecule has 7 nitrogen and oxygen atoms in total. The molecule has 0 aromatic heterocycles. The third-order valence-corrected chi connectivity index (χ3v) is 3.84. The van der Waals surface area contributed by atoms with E-state index in [0.717, 1.165) is 38.5 Å². The predicted octanol–water partition coefficient (Wildman–Crippen LogP) is 2.41. The molecule has 2 aliphatic heterocycles. The largest absolute Gasteiger partial charge is 0.353 e. The van der Waals surface area contributed by atoms with Gasteiger partial charge < -0.3 is 18.9 Å². The van der Waals surface area contributed by atoms with Gasteiger partial charge in [0.25, 0.3) is 0 Å². The molecule has 2 atom stereocenters. The van der Waals surface area contributed by atoms with E-state index in [-0.39, 0.29) is 26.2 Å². The van der Waals surface area contributed by atoms with Crippen molar-refractivity contribution in [1.29, 1.82) is 0 Å². The van der Waals surface area contributed by atoms with Crippen LogP contribution in [0.3, 0.4) is 0 Å². The Balaban J connectivity index is 1.45. The number of hydrogen-bond donors (Lipinski definition) is 0. The van der Waals surface area contributed by atoms with Crippen molar-refractivity contribution < 1.29 is 32.6 Å². The molecule has 0 radical (unpaired) electrons. The van der Waals surface area contributed by atoms with E-state index >= 15 is 0 Å². The zero-order valence-electron chi connectivity index (χ0n) is 11.6. The van der Waals surface area contributed by atoms with Gasteiger partial charge in [0, 0.05) is 13.2 Å². The Morgan fingerprint density at radius 2 is 1.35 bits per heavy atom. The first-order valence-corrected chi connectivity index (χ1v) is 8.33. The second kappa shape index (κ2) is 9.84. The van der Waals surface area contributed by atoms with Crippen LogP contribution in [-0.2, 0) is 32.6 Å². The molecule has 118 valence electrons. The zero-order chi connectivity index (χ0) is 14.0. The van der Waals surface area contributed by atoms with Crippen molar-refractivity contribution in [2.45, 2.75) is 51.1 Å². The van der Waals surface area contributed by atoms with E-state index in [1.165, 1.54) is 0 Å². The molecule has 0 aliphatic carbocycles. The Bertz CT molecular complexity index is 251. The topological polar surface area (TPSA) is 72.5 Å². The fourth-order valence-electron chi connectivity index (χ4n) is 2.04. The summed E-state index contributed by atoms with van der Waals surface area (Å²) >= 11 is 0. The number of hydrogen-bond acceptors (Lipinski definition) is 7. The van der Waals surface area contributed by atoms with Gasteiger partial charge in [-0.3, -0.25) is 13.6 Å². The van der Waals surface area contributed by atoms with Crippen LogP contribution in [-0.4, -0.2) is 39.4 Å². The summed E-state index contributed by atoms with van der Waals surface area (Å²) in [6, 6.07) is 0. The molecule has 0 aromatic carbocycles. The number of rotatable bonds is 8. The molecule has 2 unspecified atom stereocenters. The lowest BCUT2D eigenvalue weighted by Gasteiger charge is -2.23. The van der Waals surface area contributed by atoms with Crippen molar-refractivity contribution in [3.63, 3.8) is 0 Å². The van der Waals surface area contributed by atoms with E-state index in [9.17, 15) is 4.57 Å². The van der Waals surface area contributed by atoms with E-state index < -0.39 is 8.25 Å².